The number of aromatic nitrogens is 3. The molecule has 5 N–H and O–H groups in total. The lowest BCUT2D eigenvalue weighted by molar-refractivity contribution is -0.122. The molecule has 4 heterocycles. The molecule has 0 saturated carbocycles. The number of pyridine rings is 1. The molecule has 176 valence electrons. The minimum absolute atomic E-state index is 0.177. The van der Waals surface area contributed by atoms with Gasteiger partial charge in [0.2, 0.25) is 5.91 Å². The largest absolute Gasteiger partial charge is 0.369 e. The molecule has 2 unspecified atom stereocenters. The van der Waals surface area contributed by atoms with Gasteiger partial charge in [-0.1, -0.05) is 30.3 Å². The number of anilines is 2. The minimum Gasteiger partial charge on any atom is -0.369 e. The van der Waals surface area contributed by atoms with Gasteiger partial charge in [0.05, 0.1) is 17.8 Å². The van der Waals surface area contributed by atoms with Crippen molar-refractivity contribution in [2.75, 3.05) is 23.7 Å². The van der Waals surface area contributed by atoms with Gasteiger partial charge in [0.25, 0.3) is 0 Å². The van der Waals surface area contributed by atoms with Crippen LogP contribution in [-0.4, -0.2) is 51.0 Å². The van der Waals surface area contributed by atoms with Crippen molar-refractivity contribution in [1.82, 2.24) is 19.9 Å². The number of amidine groups is 1. The standard InChI is InChI=1S/C26H26N8O/c27-23(35)17-7-4-12-34(14-17)25-22-24(30-15-29-22)32-26(33-25)31-18-8-9-21-20(13-18)19(10-11-28-21)16-5-2-1-3-6-16/h1-3,5-6,8-11,13,15,17,26,31-32H,4,7,12,14H2,(H2,27,35)(H,29,30). The van der Waals surface area contributed by atoms with Gasteiger partial charge in [0, 0.05) is 30.4 Å². The number of carbonyl (C=O) groups is 1. The van der Waals surface area contributed by atoms with Gasteiger partial charge in [-0.3, -0.25) is 9.78 Å². The third kappa shape index (κ3) is 4.05. The number of imidazole rings is 1. The van der Waals surface area contributed by atoms with E-state index in [0.29, 0.717) is 6.54 Å². The predicted octanol–water partition coefficient (Wildman–Crippen LogP) is 3.39. The van der Waals surface area contributed by atoms with Gasteiger partial charge in [0.15, 0.2) is 17.9 Å². The number of hydrogen-bond acceptors (Lipinski definition) is 7. The molecule has 0 bridgehead atoms. The molecule has 35 heavy (non-hydrogen) atoms. The number of aromatic amines is 1. The molecule has 2 aromatic carbocycles. The van der Waals surface area contributed by atoms with Gasteiger partial charge >= 0.3 is 0 Å². The highest BCUT2D eigenvalue weighted by Gasteiger charge is 2.31. The summed E-state index contributed by atoms with van der Waals surface area (Å²) < 4.78 is 0. The van der Waals surface area contributed by atoms with Gasteiger partial charge in [0.1, 0.15) is 5.69 Å². The van der Waals surface area contributed by atoms with E-state index in [-0.39, 0.29) is 11.8 Å². The van der Waals surface area contributed by atoms with Crippen molar-refractivity contribution in [3.05, 3.63) is 72.8 Å². The van der Waals surface area contributed by atoms with Crippen molar-refractivity contribution >= 4 is 34.2 Å². The summed E-state index contributed by atoms with van der Waals surface area (Å²) in [4.78, 5) is 31.1. The number of nitrogens with two attached hydrogens (primary N) is 1. The summed E-state index contributed by atoms with van der Waals surface area (Å²) in [5, 5.41) is 7.89. The number of amides is 1. The summed E-state index contributed by atoms with van der Waals surface area (Å²) in [5.74, 6) is 1.07. The van der Waals surface area contributed by atoms with Crippen LogP contribution >= 0.6 is 0 Å². The zero-order chi connectivity index (χ0) is 23.8. The lowest BCUT2D eigenvalue weighted by atomic mass is 9.97. The van der Waals surface area contributed by atoms with E-state index in [1.807, 2.05) is 42.6 Å². The maximum absolute atomic E-state index is 11.8. The van der Waals surface area contributed by atoms with Crippen LogP contribution in [0.5, 0.6) is 0 Å². The van der Waals surface area contributed by atoms with Gasteiger partial charge in [-0.2, -0.15) is 0 Å². The van der Waals surface area contributed by atoms with Crippen LogP contribution in [0, 0.1) is 5.92 Å². The van der Waals surface area contributed by atoms with Gasteiger partial charge in [-0.25, -0.2) is 9.98 Å². The minimum atomic E-state index is -0.427. The van der Waals surface area contributed by atoms with E-state index >= 15 is 0 Å². The monoisotopic (exact) mass is 466 g/mol. The van der Waals surface area contributed by atoms with Crippen LogP contribution in [0.15, 0.2) is 72.1 Å². The zero-order valence-electron chi connectivity index (χ0n) is 19.1. The fourth-order valence-electron chi connectivity index (χ4n) is 4.90. The second-order valence-corrected chi connectivity index (χ2v) is 8.91. The van der Waals surface area contributed by atoms with Crippen LogP contribution in [0.25, 0.3) is 22.0 Å². The van der Waals surface area contributed by atoms with E-state index in [2.05, 4.69) is 48.7 Å². The highest BCUT2D eigenvalue weighted by molar-refractivity contribution is 6.03. The summed E-state index contributed by atoms with van der Waals surface area (Å²) >= 11 is 0. The summed E-state index contributed by atoms with van der Waals surface area (Å²) in [5.41, 5.74) is 10.5. The van der Waals surface area contributed by atoms with Crippen LogP contribution in [0.2, 0.25) is 0 Å². The number of primary amides is 1. The fraction of sp³-hybridized carbons (Fsp3) is 0.231. The Balaban J connectivity index is 1.32. The molecule has 2 atom stereocenters. The first-order valence-electron chi connectivity index (χ1n) is 11.8. The van der Waals surface area contributed by atoms with E-state index < -0.39 is 6.29 Å². The number of nitrogens with one attached hydrogen (secondary N) is 3. The third-order valence-electron chi connectivity index (χ3n) is 6.64. The molecule has 0 spiro atoms. The molecule has 2 aliphatic rings. The zero-order valence-corrected chi connectivity index (χ0v) is 19.1. The molecule has 9 heteroatoms. The second kappa shape index (κ2) is 8.75. The number of aliphatic imine (C=N–C) groups is 1. The van der Waals surface area contributed by atoms with Crippen LogP contribution in [-0.2, 0) is 4.79 Å². The first-order valence-corrected chi connectivity index (χ1v) is 11.8. The van der Waals surface area contributed by atoms with E-state index in [0.717, 1.165) is 64.5 Å². The summed E-state index contributed by atoms with van der Waals surface area (Å²) in [6.07, 6.45) is 4.77. The number of hydrogen-bond donors (Lipinski definition) is 4. The van der Waals surface area contributed by atoms with Crippen molar-refractivity contribution < 1.29 is 4.79 Å². The second-order valence-electron chi connectivity index (χ2n) is 8.91. The quantitative estimate of drug-likeness (QED) is 0.365. The smallest absolute Gasteiger partial charge is 0.222 e. The van der Waals surface area contributed by atoms with Crippen LogP contribution < -0.4 is 16.4 Å². The van der Waals surface area contributed by atoms with Crippen LogP contribution in [0.4, 0.5) is 11.5 Å². The third-order valence-corrected chi connectivity index (χ3v) is 6.64. The number of likely N-dealkylation sites (tertiary alicyclic amines) is 1. The maximum Gasteiger partial charge on any atom is 0.222 e. The van der Waals surface area contributed by atoms with E-state index in [1.165, 1.54) is 0 Å². The average molecular weight is 467 g/mol. The van der Waals surface area contributed by atoms with Crippen molar-refractivity contribution in [3.8, 4) is 11.1 Å². The van der Waals surface area contributed by atoms with Crippen LogP contribution in [0.3, 0.4) is 0 Å². The van der Waals surface area contributed by atoms with Gasteiger partial charge in [-0.15, -0.1) is 0 Å². The Labute approximate surface area is 202 Å². The molecule has 6 rings (SSSR count). The summed E-state index contributed by atoms with van der Waals surface area (Å²) in [6.45, 7) is 1.37. The van der Waals surface area contributed by atoms with E-state index in [1.54, 1.807) is 6.33 Å². The Hall–Kier alpha value is -4.40. The molecular weight excluding hydrogens is 440 g/mol. The highest BCUT2D eigenvalue weighted by Crippen LogP contribution is 2.30. The SMILES string of the molecule is NC(=O)C1CCCN(C2=NC(Nc3ccc4nccc(-c5ccccc5)c4c3)Nc3nc[nH]c32)C1. The Morgan fingerprint density at radius 2 is 2.00 bits per heavy atom. The number of nitrogens with zero attached hydrogens (tertiary/aromatic N) is 4. The van der Waals surface area contributed by atoms with E-state index in [4.69, 9.17) is 10.7 Å². The molecule has 1 amide bonds. The van der Waals surface area contributed by atoms with Crippen molar-refractivity contribution in [2.45, 2.75) is 19.1 Å². The number of benzene rings is 2. The van der Waals surface area contributed by atoms with E-state index in [9.17, 15) is 4.79 Å². The topological polar surface area (TPSA) is 124 Å². The Morgan fingerprint density at radius 3 is 2.86 bits per heavy atom. The van der Waals surface area contributed by atoms with Crippen molar-refractivity contribution in [2.24, 2.45) is 16.6 Å². The molecule has 9 nitrogen and oxygen atoms in total. The average Bonchev–Trinajstić information content (AvgIpc) is 3.37. The first-order chi connectivity index (χ1) is 17.2. The Bertz CT molecular complexity index is 1410. The molecule has 2 aromatic heterocycles. The molecule has 1 saturated heterocycles. The number of fused-ring (bicyclic) bond motifs is 2. The fourth-order valence-corrected chi connectivity index (χ4v) is 4.90. The number of rotatable bonds is 4. The first kappa shape index (κ1) is 21.2. The number of carbonyl (C=O) groups excluding carboxylic acids is 1. The maximum atomic E-state index is 11.8. The molecular formula is C26H26N8O. The van der Waals surface area contributed by atoms with Crippen molar-refractivity contribution in [1.29, 1.82) is 0 Å². The molecule has 2 aliphatic heterocycles. The molecule has 4 aromatic rings. The predicted molar refractivity (Wildman–Crippen MR) is 137 cm³/mol. The number of piperidine rings is 1. The molecule has 0 radical (unpaired) electrons. The summed E-state index contributed by atoms with van der Waals surface area (Å²) in [7, 11) is 0. The Kier molecular flexibility index (Phi) is 5.29. The highest BCUT2D eigenvalue weighted by atomic mass is 16.1. The lowest BCUT2D eigenvalue weighted by Crippen LogP contribution is -2.47. The lowest BCUT2D eigenvalue weighted by Gasteiger charge is -2.36. The van der Waals surface area contributed by atoms with Crippen molar-refractivity contribution in [3.63, 3.8) is 0 Å². The van der Waals surface area contributed by atoms with Gasteiger partial charge in [-0.05, 0) is 48.2 Å². The summed E-state index contributed by atoms with van der Waals surface area (Å²) in [6, 6.07) is 18.5. The Morgan fingerprint density at radius 1 is 1.11 bits per heavy atom. The van der Waals surface area contributed by atoms with Crippen LogP contribution in [0.1, 0.15) is 18.5 Å². The van der Waals surface area contributed by atoms with Gasteiger partial charge < -0.3 is 26.3 Å². The molecule has 1 fully saturated rings. The number of H-pyrrole nitrogens is 1. The normalized spacial score (nSPS) is 19.5. The molecule has 0 aliphatic carbocycles.